The van der Waals surface area contributed by atoms with Crippen LogP contribution < -0.4 is 5.73 Å². The normalized spacial score (nSPS) is 15.5. The molecule has 0 aliphatic carbocycles. The molecule has 24 heavy (non-hydrogen) atoms. The quantitative estimate of drug-likeness (QED) is 0.918. The minimum atomic E-state index is -0.286. The highest BCUT2D eigenvalue weighted by Gasteiger charge is 2.26. The van der Waals surface area contributed by atoms with Gasteiger partial charge >= 0.3 is 0 Å². The molecule has 0 spiro atoms. The average molecular weight is 348 g/mol. The largest absolute Gasteiger partial charge is 0.444 e. The number of primary amides is 1. The number of carbonyl (C=O) groups excluding carboxylic acids is 2. The summed E-state index contributed by atoms with van der Waals surface area (Å²) in [4.78, 5) is 29.6. The lowest BCUT2D eigenvalue weighted by Gasteiger charge is -2.30. The molecule has 0 atom stereocenters. The number of halogens is 1. The summed E-state index contributed by atoms with van der Waals surface area (Å²) >= 11 is 5.86. The third-order valence-corrected chi connectivity index (χ3v) is 4.48. The highest BCUT2D eigenvalue weighted by molar-refractivity contribution is 6.30. The first-order chi connectivity index (χ1) is 11.5. The third kappa shape index (κ3) is 3.76. The number of amides is 2. The lowest BCUT2D eigenvalue weighted by molar-refractivity contribution is -0.134. The van der Waals surface area contributed by atoms with E-state index < -0.39 is 0 Å². The molecule has 126 valence electrons. The first-order valence-electron chi connectivity index (χ1n) is 7.80. The van der Waals surface area contributed by atoms with Crippen LogP contribution >= 0.6 is 11.6 Å². The van der Waals surface area contributed by atoms with Crippen molar-refractivity contribution in [2.24, 2.45) is 11.7 Å². The SMILES string of the molecule is NC(=O)C1CCN(C(=O)Cc2coc(-c3ccc(Cl)cc3)n2)CC1. The molecule has 2 heterocycles. The third-order valence-electron chi connectivity index (χ3n) is 4.23. The lowest BCUT2D eigenvalue weighted by Crippen LogP contribution is -2.42. The van der Waals surface area contributed by atoms with Crippen molar-refractivity contribution in [3.05, 3.63) is 41.2 Å². The molecule has 1 aromatic carbocycles. The number of oxazole rings is 1. The summed E-state index contributed by atoms with van der Waals surface area (Å²) < 4.78 is 5.44. The van der Waals surface area contributed by atoms with Crippen molar-refractivity contribution < 1.29 is 14.0 Å². The molecular formula is C17H18ClN3O3. The second kappa shape index (κ2) is 7.05. The van der Waals surface area contributed by atoms with E-state index in [1.807, 2.05) is 12.1 Å². The standard InChI is InChI=1S/C17H18ClN3O3/c18-13-3-1-12(2-4-13)17-20-14(10-24-17)9-15(22)21-7-5-11(6-8-21)16(19)23/h1-4,10-11H,5-9H2,(H2,19,23). The Morgan fingerprint density at radius 1 is 1.25 bits per heavy atom. The van der Waals surface area contributed by atoms with Crippen molar-refractivity contribution >= 4 is 23.4 Å². The monoisotopic (exact) mass is 347 g/mol. The highest BCUT2D eigenvalue weighted by atomic mass is 35.5. The predicted molar refractivity (Wildman–Crippen MR) is 89.2 cm³/mol. The van der Waals surface area contributed by atoms with Crippen molar-refractivity contribution in [2.45, 2.75) is 19.3 Å². The summed E-state index contributed by atoms with van der Waals surface area (Å²) in [5, 5.41) is 0.639. The Bertz CT molecular complexity index is 734. The van der Waals surface area contributed by atoms with E-state index in [9.17, 15) is 9.59 Å². The summed E-state index contributed by atoms with van der Waals surface area (Å²) in [6, 6.07) is 7.15. The van der Waals surface area contributed by atoms with Crippen LogP contribution in [0.15, 0.2) is 34.9 Å². The van der Waals surface area contributed by atoms with E-state index in [1.54, 1.807) is 17.0 Å². The fourth-order valence-electron chi connectivity index (χ4n) is 2.79. The molecule has 2 amide bonds. The fraction of sp³-hybridized carbons (Fsp3) is 0.353. The summed E-state index contributed by atoms with van der Waals surface area (Å²) in [5.74, 6) is 0.0274. The summed E-state index contributed by atoms with van der Waals surface area (Å²) in [7, 11) is 0. The zero-order chi connectivity index (χ0) is 17.1. The number of piperidine rings is 1. The minimum absolute atomic E-state index is 0.0196. The highest BCUT2D eigenvalue weighted by Crippen LogP contribution is 2.22. The molecule has 1 fully saturated rings. The molecule has 1 aliphatic heterocycles. The molecule has 1 saturated heterocycles. The first kappa shape index (κ1) is 16.5. The number of nitrogens with two attached hydrogens (primary N) is 1. The van der Waals surface area contributed by atoms with Gasteiger partial charge < -0.3 is 15.1 Å². The Kier molecular flexibility index (Phi) is 4.85. The van der Waals surface area contributed by atoms with Gasteiger partial charge in [-0.15, -0.1) is 0 Å². The van der Waals surface area contributed by atoms with Gasteiger partial charge in [-0.3, -0.25) is 9.59 Å². The van der Waals surface area contributed by atoms with E-state index in [0.717, 1.165) is 5.56 Å². The van der Waals surface area contributed by atoms with Gasteiger partial charge in [0.05, 0.1) is 12.1 Å². The number of rotatable bonds is 4. The van der Waals surface area contributed by atoms with Gasteiger partial charge in [-0.2, -0.15) is 0 Å². The molecule has 1 aliphatic rings. The van der Waals surface area contributed by atoms with E-state index in [1.165, 1.54) is 6.26 Å². The molecule has 2 aromatic rings. The van der Waals surface area contributed by atoms with Gasteiger partial charge in [-0.1, -0.05) is 11.6 Å². The zero-order valence-electron chi connectivity index (χ0n) is 13.1. The molecule has 7 heteroatoms. The average Bonchev–Trinajstić information content (AvgIpc) is 3.04. The van der Waals surface area contributed by atoms with Gasteiger partial charge in [0.1, 0.15) is 6.26 Å². The zero-order valence-corrected chi connectivity index (χ0v) is 13.8. The van der Waals surface area contributed by atoms with Crippen molar-refractivity contribution in [1.29, 1.82) is 0 Å². The van der Waals surface area contributed by atoms with E-state index in [-0.39, 0.29) is 24.2 Å². The van der Waals surface area contributed by atoms with Crippen LogP contribution in [0.25, 0.3) is 11.5 Å². The predicted octanol–water partition coefficient (Wildman–Crippen LogP) is 2.26. The number of likely N-dealkylation sites (tertiary alicyclic amines) is 1. The second-order valence-corrected chi connectivity index (χ2v) is 6.32. The maximum atomic E-state index is 12.3. The number of hydrogen-bond acceptors (Lipinski definition) is 4. The first-order valence-corrected chi connectivity index (χ1v) is 8.18. The summed E-state index contributed by atoms with van der Waals surface area (Å²) in [5.41, 5.74) is 6.70. The van der Waals surface area contributed by atoms with Gasteiger partial charge in [0.25, 0.3) is 0 Å². The van der Waals surface area contributed by atoms with Gasteiger partial charge in [0, 0.05) is 29.6 Å². The van der Waals surface area contributed by atoms with E-state index in [0.29, 0.717) is 42.5 Å². The molecule has 1 aromatic heterocycles. The van der Waals surface area contributed by atoms with Crippen LogP contribution in [0.2, 0.25) is 5.02 Å². The Hall–Kier alpha value is -2.34. The fourth-order valence-corrected chi connectivity index (χ4v) is 2.92. The van der Waals surface area contributed by atoms with Crippen LogP contribution in [0, 0.1) is 5.92 Å². The lowest BCUT2D eigenvalue weighted by atomic mass is 9.96. The maximum absolute atomic E-state index is 12.3. The summed E-state index contributed by atoms with van der Waals surface area (Å²) in [6.07, 6.45) is 2.92. The molecule has 2 N–H and O–H groups in total. The van der Waals surface area contributed by atoms with Crippen LogP contribution in [0.1, 0.15) is 18.5 Å². The van der Waals surface area contributed by atoms with Gasteiger partial charge in [-0.25, -0.2) is 4.98 Å². The smallest absolute Gasteiger partial charge is 0.228 e. The van der Waals surface area contributed by atoms with Crippen LogP contribution in [0.4, 0.5) is 0 Å². The van der Waals surface area contributed by atoms with Crippen molar-refractivity contribution in [1.82, 2.24) is 9.88 Å². The van der Waals surface area contributed by atoms with Crippen LogP contribution in [0.5, 0.6) is 0 Å². The molecule has 3 rings (SSSR count). The molecule has 6 nitrogen and oxygen atoms in total. The van der Waals surface area contributed by atoms with Gasteiger partial charge in [-0.05, 0) is 37.1 Å². The van der Waals surface area contributed by atoms with Gasteiger partial charge in [0.15, 0.2) is 0 Å². The molecule has 0 bridgehead atoms. The van der Waals surface area contributed by atoms with Gasteiger partial charge in [0.2, 0.25) is 17.7 Å². The van der Waals surface area contributed by atoms with Crippen LogP contribution in [0.3, 0.4) is 0 Å². The number of aromatic nitrogens is 1. The van der Waals surface area contributed by atoms with Crippen LogP contribution in [-0.4, -0.2) is 34.8 Å². The number of carbonyl (C=O) groups is 2. The van der Waals surface area contributed by atoms with Crippen LogP contribution in [-0.2, 0) is 16.0 Å². The number of benzene rings is 1. The topological polar surface area (TPSA) is 89.4 Å². The Morgan fingerprint density at radius 3 is 2.54 bits per heavy atom. The minimum Gasteiger partial charge on any atom is -0.444 e. The molecule has 0 unspecified atom stereocenters. The van der Waals surface area contributed by atoms with E-state index in [4.69, 9.17) is 21.8 Å². The molecular weight excluding hydrogens is 330 g/mol. The molecule has 0 saturated carbocycles. The Morgan fingerprint density at radius 2 is 1.92 bits per heavy atom. The molecule has 0 radical (unpaired) electrons. The maximum Gasteiger partial charge on any atom is 0.228 e. The summed E-state index contributed by atoms with van der Waals surface area (Å²) in [6.45, 7) is 1.10. The van der Waals surface area contributed by atoms with Crippen molar-refractivity contribution in [3.8, 4) is 11.5 Å². The Labute approximate surface area is 144 Å². The Balaban J connectivity index is 1.59. The van der Waals surface area contributed by atoms with E-state index >= 15 is 0 Å². The number of hydrogen-bond donors (Lipinski definition) is 1. The number of nitrogens with zero attached hydrogens (tertiary/aromatic N) is 2. The van der Waals surface area contributed by atoms with Crippen molar-refractivity contribution in [2.75, 3.05) is 13.1 Å². The van der Waals surface area contributed by atoms with Crippen molar-refractivity contribution in [3.63, 3.8) is 0 Å². The van der Waals surface area contributed by atoms with E-state index in [2.05, 4.69) is 4.98 Å². The second-order valence-electron chi connectivity index (χ2n) is 5.89.